The topological polar surface area (TPSA) is 78.3 Å². The number of methoxy groups -OCH3 is 1. The van der Waals surface area contributed by atoms with E-state index in [-0.39, 0.29) is 5.95 Å². The first-order valence-corrected chi connectivity index (χ1v) is 6.33. The molecule has 1 aromatic carbocycles. The van der Waals surface area contributed by atoms with Crippen LogP contribution >= 0.6 is 11.6 Å². The van der Waals surface area contributed by atoms with Crippen molar-refractivity contribution < 1.29 is 4.74 Å². The predicted molar refractivity (Wildman–Crippen MR) is 76.4 cm³/mol. The number of ether oxygens (including phenoxy) is 1. The maximum Gasteiger partial charge on any atom is 0.225 e. The average molecular weight is 290 g/mol. The number of anilines is 1. The number of hydrogen-bond acceptors (Lipinski definition) is 5. The van der Waals surface area contributed by atoms with E-state index in [4.69, 9.17) is 22.1 Å². The summed E-state index contributed by atoms with van der Waals surface area (Å²) < 4.78 is 6.49. The maximum atomic E-state index is 6.17. The summed E-state index contributed by atoms with van der Waals surface area (Å²) in [7, 11) is 1.58. The second-order valence-electron chi connectivity index (χ2n) is 4.21. The van der Waals surface area contributed by atoms with Gasteiger partial charge in [0.25, 0.3) is 0 Å². The molecule has 6 nitrogen and oxygen atoms in total. The SMILES string of the molecule is COCc1nc(N)n2nc(-c3ccccc3Cl)cc2n1. The van der Waals surface area contributed by atoms with Crippen LogP contribution < -0.4 is 5.73 Å². The Kier molecular flexibility index (Phi) is 3.25. The van der Waals surface area contributed by atoms with Crippen molar-refractivity contribution in [2.75, 3.05) is 12.8 Å². The lowest BCUT2D eigenvalue weighted by Crippen LogP contribution is -2.07. The summed E-state index contributed by atoms with van der Waals surface area (Å²) in [6, 6.07) is 9.29. The molecule has 0 aliphatic heterocycles. The molecule has 0 saturated carbocycles. The van der Waals surface area contributed by atoms with Crippen LogP contribution in [0.5, 0.6) is 0 Å². The van der Waals surface area contributed by atoms with Crippen LogP contribution in [0.3, 0.4) is 0 Å². The number of hydrogen-bond donors (Lipinski definition) is 1. The Hall–Kier alpha value is -2.18. The van der Waals surface area contributed by atoms with Gasteiger partial charge in [-0.25, -0.2) is 4.98 Å². The summed E-state index contributed by atoms with van der Waals surface area (Å²) in [6.07, 6.45) is 0. The quantitative estimate of drug-likeness (QED) is 0.799. The summed E-state index contributed by atoms with van der Waals surface area (Å²) in [6.45, 7) is 0.299. The minimum absolute atomic E-state index is 0.264. The van der Waals surface area contributed by atoms with Crippen molar-refractivity contribution >= 4 is 23.2 Å². The number of aromatic nitrogens is 4. The summed E-state index contributed by atoms with van der Waals surface area (Å²) >= 11 is 6.17. The normalized spacial score (nSPS) is 11.1. The van der Waals surface area contributed by atoms with Crippen molar-refractivity contribution in [3.8, 4) is 11.3 Å². The first-order valence-electron chi connectivity index (χ1n) is 5.95. The summed E-state index contributed by atoms with van der Waals surface area (Å²) in [4.78, 5) is 8.47. The lowest BCUT2D eigenvalue weighted by Gasteiger charge is -2.01. The molecule has 2 heterocycles. The number of nitrogens with zero attached hydrogens (tertiary/aromatic N) is 4. The van der Waals surface area contributed by atoms with Crippen LogP contribution in [0.4, 0.5) is 5.95 Å². The van der Waals surface area contributed by atoms with Crippen molar-refractivity contribution in [2.24, 2.45) is 0 Å². The molecule has 7 heteroatoms. The van der Waals surface area contributed by atoms with Gasteiger partial charge < -0.3 is 10.5 Å². The number of fused-ring (bicyclic) bond motifs is 1. The van der Waals surface area contributed by atoms with Crippen molar-refractivity contribution in [3.63, 3.8) is 0 Å². The average Bonchev–Trinajstić information content (AvgIpc) is 2.84. The first-order chi connectivity index (χ1) is 9.69. The molecule has 3 aromatic rings. The number of halogens is 1. The Balaban J connectivity index is 2.16. The van der Waals surface area contributed by atoms with Crippen LogP contribution in [0.2, 0.25) is 5.02 Å². The van der Waals surface area contributed by atoms with Crippen LogP contribution in [0.15, 0.2) is 30.3 Å². The Bertz CT molecular complexity index is 771. The highest BCUT2D eigenvalue weighted by molar-refractivity contribution is 6.33. The number of nitrogens with two attached hydrogens (primary N) is 1. The van der Waals surface area contributed by atoms with Crippen LogP contribution in [-0.2, 0) is 11.3 Å². The van der Waals surface area contributed by atoms with Gasteiger partial charge >= 0.3 is 0 Å². The van der Waals surface area contributed by atoms with Gasteiger partial charge in [0.05, 0.1) is 10.7 Å². The molecule has 0 aliphatic carbocycles. The van der Waals surface area contributed by atoms with Gasteiger partial charge in [-0.15, -0.1) is 0 Å². The largest absolute Gasteiger partial charge is 0.377 e. The van der Waals surface area contributed by atoms with Gasteiger partial charge in [-0.05, 0) is 6.07 Å². The van der Waals surface area contributed by atoms with Crippen molar-refractivity contribution in [2.45, 2.75) is 6.61 Å². The van der Waals surface area contributed by atoms with E-state index in [1.54, 1.807) is 7.11 Å². The molecule has 102 valence electrons. The van der Waals surface area contributed by atoms with E-state index in [1.165, 1.54) is 4.52 Å². The molecular weight excluding hydrogens is 278 g/mol. The number of benzene rings is 1. The minimum atomic E-state index is 0.264. The van der Waals surface area contributed by atoms with Crippen molar-refractivity contribution in [1.82, 2.24) is 19.6 Å². The highest BCUT2D eigenvalue weighted by atomic mass is 35.5. The van der Waals surface area contributed by atoms with E-state index in [1.807, 2.05) is 30.3 Å². The van der Waals surface area contributed by atoms with Crippen LogP contribution in [-0.4, -0.2) is 26.7 Å². The van der Waals surface area contributed by atoms with Gasteiger partial charge in [-0.1, -0.05) is 29.8 Å². The first kappa shape index (κ1) is 12.8. The lowest BCUT2D eigenvalue weighted by molar-refractivity contribution is 0.178. The maximum absolute atomic E-state index is 6.17. The molecule has 20 heavy (non-hydrogen) atoms. The predicted octanol–water partition coefficient (Wildman–Crippen LogP) is 2.17. The number of rotatable bonds is 3. The molecule has 2 N–H and O–H groups in total. The van der Waals surface area contributed by atoms with Gasteiger partial charge in [-0.2, -0.15) is 14.6 Å². The van der Waals surface area contributed by atoms with E-state index < -0.39 is 0 Å². The fourth-order valence-electron chi connectivity index (χ4n) is 1.95. The molecule has 0 saturated heterocycles. The fourth-order valence-corrected chi connectivity index (χ4v) is 2.18. The van der Waals surface area contributed by atoms with Gasteiger partial charge in [0.1, 0.15) is 6.61 Å². The second kappa shape index (κ2) is 5.07. The minimum Gasteiger partial charge on any atom is -0.377 e. The molecule has 0 unspecified atom stereocenters. The van der Waals surface area contributed by atoms with Crippen LogP contribution in [0, 0.1) is 0 Å². The molecule has 3 rings (SSSR count). The summed E-state index contributed by atoms with van der Waals surface area (Å²) in [5.74, 6) is 0.781. The third-order valence-corrected chi connectivity index (χ3v) is 3.15. The zero-order chi connectivity index (χ0) is 14.1. The molecule has 0 atom stereocenters. The Labute approximate surface area is 120 Å². The highest BCUT2D eigenvalue weighted by Crippen LogP contribution is 2.27. The van der Waals surface area contributed by atoms with Gasteiger partial charge in [0, 0.05) is 18.7 Å². The Morgan fingerprint density at radius 2 is 2.10 bits per heavy atom. The van der Waals surface area contributed by atoms with E-state index >= 15 is 0 Å². The number of nitrogen functional groups attached to an aromatic ring is 1. The fraction of sp³-hybridized carbons (Fsp3) is 0.154. The Morgan fingerprint density at radius 3 is 2.85 bits per heavy atom. The summed E-state index contributed by atoms with van der Waals surface area (Å²) in [5, 5.41) is 5.01. The van der Waals surface area contributed by atoms with Gasteiger partial charge in [0.2, 0.25) is 5.95 Å². The standard InChI is InChI=1S/C13H12ClN5O/c1-20-7-11-16-12-6-10(18-19(12)13(15)17-11)8-4-2-3-5-9(8)14/h2-6H,7H2,1H3,(H2,15,16,17). The van der Waals surface area contributed by atoms with Gasteiger partial charge in [-0.3, -0.25) is 0 Å². The molecule has 0 spiro atoms. The van der Waals surface area contributed by atoms with E-state index in [0.29, 0.717) is 28.8 Å². The molecule has 2 aromatic heterocycles. The highest BCUT2D eigenvalue weighted by Gasteiger charge is 2.12. The smallest absolute Gasteiger partial charge is 0.225 e. The van der Waals surface area contributed by atoms with E-state index in [9.17, 15) is 0 Å². The van der Waals surface area contributed by atoms with E-state index in [2.05, 4.69) is 15.1 Å². The van der Waals surface area contributed by atoms with Gasteiger partial charge in [0.15, 0.2) is 11.5 Å². The van der Waals surface area contributed by atoms with Crippen molar-refractivity contribution in [3.05, 3.63) is 41.2 Å². The molecule has 0 radical (unpaired) electrons. The molecule has 0 amide bonds. The lowest BCUT2D eigenvalue weighted by atomic mass is 10.1. The molecule has 0 bridgehead atoms. The zero-order valence-corrected chi connectivity index (χ0v) is 11.5. The van der Waals surface area contributed by atoms with E-state index in [0.717, 1.165) is 5.56 Å². The summed E-state index contributed by atoms with van der Waals surface area (Å²) in [5.41, 5.74) is 8.01. The third-order valence-electron chi connectivity index (χ3n) is 2.82. The second-order valence-corrected chi connectivity index (χ2v) is 4.62. The Morgan fingerprint density at radius 1 is 1.30 bits per heavy atom. The molecular formula is C13H12ClN5O. The third kappa shape index (κ3) is 2.19. The van der Waals surface area contributed by atoms with Crippen LogP contribution in [0.25, 0.3) is 16.9 Å². The van der Waals surface area contributed by atoms with Crippen LogP contribution in [0.1, 0.15) is 5.82 Å². The zero-order valence-electron chi connectivity index (χ0n) is 10.7. The molecule has 0 aliphatic rings. The van der Waals surface area contributed by atoms with Crippen molar-refractivity contribution in [1.29, 1.82) is 0 Å². The molecule has 0 fully saturated rings. The monoisotopic (exact) mass is 289 g/mol.